The summed E-state index contributed by atoms with van der Waals surface area (Å²) in [5.41, 5.74) is -1.66. The van der Waals surface area contributed by atoms with E-state index in [1.165, 1.54) is 77.0 Å². The van der Waals surface area contributed by atoms with Crippen molar-refractivity contribution in [2.24, 2.45) is 0 Å². The number of rotatable bonds is 18. The van der Waals surface area contributed by atoms with Gasteiger partial charge in [-0.05, 0) is 12.8 Å². The lowest BCUT2D eigenvalue weighted by atomic mass is 9.89. The van der Waals surface area contributed by atoms with Gasteiger partial charge in [0.25, 0.3) is 0 Å². The van der Waals surface area contributed by atoms with Gasteiger partial charge in [0.2, 0.25) is 5.91 Å². The van der Waals surface area contributed by atoms with Crippen LogP contribution in [0.15, 0.2) is 0 Å². The number of nitrogens with one attached hydrogen (secondary N) is 1. The molecule has 0 aromatic rings. The van der Waals surface area contributed by atoms with E-state index in [2.05, 4.69) is 12.2 Å². The molecule has 1 unspecified atom stereocenters. The molecule has 1 rings (SSSR count). The molecule has 1 aliphatic heterocycles. The summed E-state index contributed by atoms with van der Waals surface area (Å²) in [5.74, 6) is -1.91. The average molecular weight is 396 g/mol. The van der Waals surface area contributed by atoms with Gasteiger partial charge in [-0.25, -0.2) is 4.79 Å². The molecule has 28 heavy (non-hydrogen) atoms. The first-order valence-electron chi connectivity index (χ1n) is 11.6. The van der Waals surface area contributed by atoms with Crippen molar-refractivity contribution in [3.05, 3.63) is 0 Å². The SMILES string of the molecule is CCCCCCCCCCCCCCCCCC(=O)C1(C(=O)O)CCC(=O)N1. The van der Waals surface area contributed by atoms with Gasteiger partial charge in [0, 0.05) is 12.8 Å². The number of amides is 1. The van der Waals surface area contributed by atoms with Crippen molar-refractivity contribution in [1.82, 2.24) is 5.32 Å². The number of carboxylic acids is 1. The molecule has 1 atom stereocenters. The van der Waals surface area contributed by atoms with E-state index in [1.807, 2.05) is 0 Å². The van der Waals surface area contributed by atoms with E-state index in [-0.39, 0.29) is 31.0 Å². The lowest BCUT2D eigenvalue weighted by Gasteiger charge is -2.22. The van der Waals surface area contributed by atoms with Crippen LogP contribution in [0.1, 0.15) is 122 Å². The van der Waals surface area contributed by atoms with Gasteiger partial charge in [-0.3, -0.25) is 9.59 Å². The van der Waals surface area contributed by atoms with E-state index in [0.717, 1.165) is 12.8 Å². The molecule has 0 aromatic carbocycles. The first-order valence-corrected chi connectivity index (χ1v) is 11.6. The molecule has 5 heteroatoms. The van der Waals surface area contributed by atoms with Crippen molar-refractivity contribution in [3.63, 3.8) is 0 Å². The van der Waals surface area contributed by atoms with Crippen LogP contribution in [-0.4, -0.2) is 28.3 Å². The van der Waals surface area contributed by atoms with Crippen LogP contribution >= 0.6 is 0 Å². The molecular formula is C23H41NO4. The van der Waals surface area contributed by atoms with Gasteiger partial charge in [-0.15, -0.1) is 0 Å². The molecule has 1 fully saturated rings. The minimum absolute atomic E-state index is 0.0821. The number of hydrogen-bond donors (Lipinski definition) is 2. The molecular weight excluding hydrogens is 354 g/mol. The number of hydrogen-bond acceptors (Lipinski definition) is 3. The number of Topliss-reactive ketones (excluding diaryl/α,β-unsaturated/α-hetero) is 1. The first-order chi connectivity index (χ1) is 13.5. The Morgan fingerprint density at radius 2 is 1.25 bits per heavy atom. The lowest BCUT2D eigenvalue weighted by molar-refractivity contribution is -0.150. The fourth-order valence-electron chi connectivity index (χ4n) is 4.02. The Labute approximate surface area is 171 Å². The predicted molar refractivity (Wildman–Crippen MR) is 112 cm³/mol. The standard InChI is InChI=1S/C23H41NO4/c1-2-3-4-5-6-7-8-9-10-11-12-13-14-15-16-17-20(25)23(22(27)28)19-18-21(26)24-23/h2-19H2,1H3,(H,24,26)(H,27,28). The summed E-state index contributed by atoms with van der Waals surface area (Å²) in [4.78, 5) is 35.1. The molecule has 2 N–H and O–H groups in total. The van der Waals surface area contributed by atoms with Crippen LogP contribution in [0.3, 0.4) is 0 Å². The predicted octanol–water partition coefficient (Wildman–Crippen LogP) is 5.55. The molecule has 0 radical (unpaired) electrons. The summed E-state index contributed by atoms with van der Waals surface area (Å²) in [5, 5.41) is 11.7. The van der Waals surface area contributed by atoms with Crippen molar-refractivity contribution >= 4 is 17.7 Å². The highest BCUT2D eigenvalue weighted by Gasteiger charge is 2.50. The van der Waals surface area contributed by atoms with Crippen LogP contribution in [0.5, 0.6) is 0 Å². The summed E-state index contributed by atoms with van der Waals surface area (Å²) in [6, 6.07) is 0. The summed E-state index contributed by atoms with van der Waals surface area (Å²) in [7, 11) is 0. The Balaban J connectivity index is 1.93. The van der Waals surface area contributed by atoms with Crippen LogP contribution in [-0.2, 0) is 14.4 Å². The monoisotopic (exact) mass is 395 g/mol. The number of carboxylic acid groups (broad SMARTS) is 1. The van der Waals surface area contributed by atoms with Gasteiger partial charge in [0.1, 0.15) is 0 Å². The van der Waals surface area contributed by atoms with Crippen molar-refractivity contribution in [3.8, 4) is 0 Å². The number of carbonyl (C=O) groups is 3. The minimum Gasteiger partial charge on any atom is -0.479 e. The van der Waals surface area contributed by atoms with Crippen LogP contribution in [0.4, 0.5) is 0 Å². The maximum atomic E-state index is 12.3. The largest absolute Gasteiger partial charge is 0.479 e. The van der Waals surface area contributed by atoms with Crippen LogP contribution < -0.4 is 5.32 Å². The van der Waals surface area contributed by atoms with Gasteiger partial charge in [0.15, 0.2) is 11.3 Å². The van der Waals surface area contributed by atoms with Gasteiger partial charge in [0.05, 0.1) is 0 Å². The molecule has 5 nitrogen and oxygen atoms in total. The first kappa shape index (κ1) is 24.6. The zero-order valence-corrected chi connectivity index (χ0v) is 17.9. The highest BCUT2D eigenvalue weighted by atomic mass is 16.4. The fraction of sp³-hybridized carbons (Fsp3) is 0.870. The van der Waals surface area contributed by atoms with Crippen molar-refractivity contribution in [2.75, 3.05) is 0 Å². The average Bonchev–Trinajstić information content (AvgIpc) is 3.08. The summed E-state index contributed by atoms with van der Waals surface area (Å²) < 4.78 is 0. The maximum Gasteiger partial charge on any atom is 0.337 e. The van der Waals surface area contributed by atoms with E-state index in [0.29, 0.717) is 6.42 Å². The highest BCUT2D eigenvalue weighted by Crippen LogP contribution is 2.24. The lowest BCUT2D eigenvalue weighted by Crippen LogP contribution is -2.55. The van der Waals surface area contributed by atoms with E-state index >= 15 is 0 Å². The van der Waals surface area contributed by atoms with Gasteiger partial charge in [-0.1, -0.05) is 96.8 Å². The van der Waals surface area contributed by atoms with Gasteiger partial charge in [-0.2, -0.15) is 0 Å². The smallest absolute Gasteiger partial charge is 0.337 e. The number of aliphatic carboxylic acids is 1. The second-order valence-electron chi connectivity index (χ2n) is 8.38. The van der Waals surface area contributed by atoms with Crippen LogP contribution in [0.2, 0.25) is 0 Å². The Morgan fingerprint density at radius 1 is 0.821 bits per heavy atom. The van der Waals surface area contributed by atoms with Gasteiger partial charge < -0.3 is 10.4 Å². The number of carbonyl (C=O) groups excluding carboxylic acids is 2. The van der Waals surface area contributed by atoms with Crippen molar-refractivity contribution in [2.45, 2.75) is 128 Å². The normalized spacial score (nSPS) is 19.0. The van der Waals surface area contributed by atoms with E-state index in [4.69, 9.17) is 0 Å². The van der Waals surface area contributed by atoms with Crippen molar-refractivity contribution in [1.29, 1.82) is 0 Å². The molecule has 0 spiro atoms. The summed E-state index contributed by atoms with van der Waals surface area (Å²) >= 11 is 0. The Kier molecular flexibility index (Phi) is 12.8. The van der Waals surface area contributed by atoms with E-state index in [9.17, 15) is 19.5 Å². The molecule has 1 saturated heterocycles. The molecule has 0 saturated carbocycles. The zero-order valence-electron chi connectivity index (χ0n) is 17.9. The molecule has 1 aliphatic rings. The third kappa shape index (κ3) is 9.20. The summed E-state index contributed by atoms with van der Waals surface area (Å²) in [6.45, 7) is 2.26. The Hall–Kier alpha value is -1.39. The molecule has 1 heterocycles. The number of unbranched alkanes of at least 4 members (excludes halogenated alkanes) is 14. The molecule has 162 valence electrons. The third-order valence-electron chi connectivity index (χ3n) is 5.93. The Bertz CT molecular complexity index is 477. The fourth-order valence-corrected chi connectivity index (χ4v) is 4.02. The quantitative estimate of drug-likeness (QED) is 0.235. The van der Waals surface area contributed by atoms with E-state index < -0.39 is 11.5 Å². The third-order valence-corrected chi connectivity index (χ3v) is 5.93. The molecule has 0 aliphatic carbocycles. The Morgan fingerprint density at radius 3 is 1.61 bits per heavy atom. The maximum absolute atomic E-state index is 12.3. The van der Waals surface area contributed by atoms with Gasteiger partial charge >= 0.3 is 5.97 Å². The number of ketones is 1. The highest BCUT2D eigenvalue weighted by molar-refractivity contribution is 6.12. The summed E-state index contributed by atoms with van der Waals surface area (Å²) in [6.07, 6.45) is 19.3. The molecule has 1 amide bonds. The second kappa shape index (κ2) is 14.6. The van der Waals surface area contributed by atoms with Crippen LogP contribution in [0.25, 0.3) is 0 Å². The molecule has 0 aromatic heterocycles. The van der Waals surface area contributed by atoms with Crippen LogP contribution in [0, 0.1) is 0 Å². The molecule has 0 bridgehead atoms. The topological polar surface area (TPSA) is 83.5 Å². The zero-order chi connectivity index (χ0) is 20.7. The van der Waals surface area contributed by atoms with Crippen molar-refractivity contribution < 1.29 is 19.5 Å². The van der Waals surface area contributed by atoms with E-state index in [1.54, 1.807) is 0 Å². The second-order valence-corrected chi connectivity index (χ2v) is 8.38. The minimum atomic E-state index is -1.66.